The number of hydrogen-bond donors (Lipinski definition) is 0. The molecule has 1 amide bonds. The van der Waals surface area contributed by atoms with Crippen molar-refractivity contribution in [1.29, 1.82) is 0 Å². The molecule has 0 N–H and O–H groups in total. The molecule has 0 bridgehead atoms. The monoisotopic (exact) mass is 462 g/mol. The van der Waals surface area contributed by atoms with Gasteiger partial charge in [-0.2, -0.15) is 4.31 Å². The van der Waals surface area contributed by atoms with E-state index in [1.807, 2.05) is 84.9 Å². The summed E-state index contributed by atoms with van der Waals surface area (Å²) in [4.78, 5) is 14.4. The highest BCUT2D eigenvalue weighted by Gasteiger charge is 2.27. The summed E-state index contributed by atoms with van der Waals surface area (Å²) >= 11 is 0. The number of ether oxygens (including phenoxy) is 1. The Hall–Kier alpha value is -3.42. The summed E-state index contributed by atoms with van der Waals surface area (Å²) in [7, 11) is -3.54. The van der Waals surface area contributed by atoms with Gasteiger partial charge in [0.25, 0.3) is 5.91 Å². The van der Waals surface area contributed by atoms with E-state index in [9.17, 15) is 13.2 Å². The van der Waals surface area contributed by atoms with E-state index >= 15 is 0 Å². The summed E-state index contributed by atoms with van der Waals surface area (Å²) in [5.74, 6) is 0.485. The van der Waals surface area contributed by atoms with Gasteiger partial charge in [0.2, 0.25) is 10.0 Å². The Labute approximate surface area is 194 Å². The van der Waals surface area contributed by atoms with Crippen molar-refractivity contribution in [2.75, 3.05) is 32.8 Å². The number of hydrogen-bond acceptors (Lipinski definition) is 4. The maximum Gasteiger partial charge on any atom is 0.260 e. The Kier molecular flexibility index (Phi) is 7.22. The third kappa shape index (κ3) is 5.88. The van der Waals surface area contributed by atoms with Crippen LogP contribution in [0.4, 0.5) is 0 Å². The Morgan fingerprint density at radius 2 is 1.42 bits per heavy atom. The van der Waals surface area contributed by atoms with Crippen LogP contribution < -0.4 is 4.74 Å². The van der Waals surface area contributed by atoms with E-state index in [0.717, 1.165) is 16.7 Å². The van der Waals surface area contributed by atoms with Gasteiger partial charge in [-0.3, -0.25) is 4.79 Å². The van der Waals surface area contributed by atoms with Crippen LogP contribution in [0.15, 0.2) is 90.3 Å². The lowest BCUT2D eigenvalue weighted by Gasteiger charge is -2.33. The number of carbonyl (C=O) groups excluding carboxylic acids is 1. The Morgan fingerprint density at radius 1 is 0.818 bits per heavy atom. The molecule has 0 saturated carbocycles. The smallest absolute Gasteiger partial charge is 0.260 e. The molecule has 6 nitrogen and oxygen atoms in total. The molecule has 7 heteroatoms. The molecular weight excluding hydrogens is 436 g/mol. The molecule has 0 aromatic heterocycles. The number of rotatable bonds is 7. The van der Waals surface area contributed by atoms with Crippen molar-refractivity contribution in [3.05, 3.63) is 95.9 Å². The second-order valence-electron chi connectivity index (χ2n) is 7.69. The van der Waals surface area contributed by atoms with Crippen molar-refractivity contribution in [2.45, 2.75) is 0 Å². The molecule has 0 atom stereocenters. The second kappa shape index (κ2) is 10.5. The van der Waals surface area contributed by atoms with E-state index in [1.165, 1.54) is 9.71 Å². The van der Waals surface area contributed by atoms with Gasteiger partial charge in [-0.1, -0.05) is 78.9 Å². The van der Waals surface area contributed by atoms with E-state index in [-0.39, 0.29) is 25.6 Å². The van der Waals surface area contributed by atoms with Gasteiger partial charge in [0, 0.05) is 37.2 Å². The summed E-state index contributed by atoms with van der Waals surface area (Å²) in [6.45, 7) is 1.09. The van der Waals surface area contributed by atoms with Crippen molar-refractivity contribution in [3.8, 4) is 16.9 Å². The fourth-order valence-electron chi connectivity index (χ4n) is 3.69. The minimum absolute atomic E-state index is 0.0928. The van der Waals surface area contributed by atoms with Crippen molar-refractivity contribution in [1.82, 2.24) is 9.21 Å². The van der Waals surface area contributed by atoms with E-state index < -0.39 is 10.0 Å². The van der Waals surface area contributed by atoms with Crippen LogP contribution in [0.25, 0.3) is 17.2 Å². The number of nitrogens with zero attached hydrogens (tertiary/aromatic N) is 2. The molecule has 0 radical (unpaired) electrons. The molecule has 1 saturated heterocycles. The first kappa shape index (κ1) is 22.8. The first-order valence-electron chi connectivity index (χ1n) is 10.8. The van der Waals surface area contributed by atoms with Gasteiger partial charge < -0.3 is 9.64 Å². The average molecular weight is 463 g/mol. The molecule has 1 aliphatic rings. The summed E-state index contributed by atoms with van der Waals surface area (Å²) in [6, 6.07) is 26.8. The maximum absolute atomic E-state index is 12.7. The van der Waals surface area contributed by atoms with E-state index in [1.54, 1.807) is 11.0 Å². The average Bonchev–Trinajstić information content (AvgIpc) is 2.87. The van der Waals surface area contributed by atoms with Gasteiger partial charge in [0.15, 0.2) is 6.61 Å². The van der Waals surface area contributed by atoms with Crippen molar-refractivity contribution in [3.63, 3.8) is 0 Å². The van der Waals surface area contributed by atoms with Crippen LogP contribution >= 0.6 is 0 Å². The molecule has 4 rings (SSSR count). The van der Waals surface area contributed by atoms with Crippen LogP contribution in [0, 0.1) is 0 Å². The standard InChI is InChI=1S/C26H26N2O4S/c29-26(21-32-25-14-8-7-13-24(25)23-11-5-2-6-12-23)27-16-18-28(19-17-27)33(30,31)20-15-22-9-3-1-4-10-22/h1-15,20H,16-19,21H2/b20-15-. The Bertz CT molecular complexity index is 1200. The highest BCUT2D eigenvalue weighted by Crippen LogP contribution is 2.29. The van der Waals surface area contributed by atoms with Crippen LogP contribution in [0.2, 0.25) is 0 Å². The number of para-hydroxylation sites is 1. The molecule has 0 spiro atoms. The molecule has 33 heavy (non-hydrogen) atoms. The highest BCUT2D eigenvalue weighted by atomic mass is 32.2. The van der Waals surface area contributed by atoms with Gasteiger partial charge in [0.05, 0.1) is 0 Å². The predicted octanol–water partition coefficient (Wildman–Crippen LogP) is 3.88. The molecule has 170 valence electrons. The largest absolute Gasteiger partial charge is 0.483 e. The summed E-state index contributed by atoms with van der Waals surface area (Å²) in [6.07, 6.45) is 1.59. The molecular formula is C26H26N2O4S. The SMILES string of the molecule is O=C(COc1ccccc1-c1ccccc1)N1CCN(S(=O)(=O)/C=C\c2ccccc2)CC1. The molecule has 1 aliphatic heterocycles. The summed E-state index contributed by atoms with van der Waals surface area (Å²) < 4.78 is 32.5. The van der Waals surface area contributed by atoms with Crippen LogP contribution in [0.1, 0.15) is 5.56 Å². The number of benzene rings is 3. The normalized spacial score (nSPS) is 15.0. The number of sulfonamides is 1. The third-order valence-corrected chi connectivity index (χ3v) is 7.07. The lowest BCUT2D eigenvalue weighted by molar-refractivity contribution is -0.134. The van der Waals surface area contributed by atoms with E-state index in [0.29, 0.717) is 18.8 Å². The van der Waals surface area contributed by atoms with Gasteiger partial charge in [-0.05, 0) is 23.3 Å². The fraction of sp³-hybridized carbons (Fsp3) is 0.192. The number of carbonyl (C=O) groups is 1. The Balaban J connectivity index is 1.32. The van der Waals surface area contributed by atoms with Crippen molar-refractivity contribution in [2.24, 2.45) is 0 Å². The minimum atomic E-state index is -3.54. The zero-order valence-electron chi connectivity index (χ0n) is 18.2. The molecule has 3 aromatic rings. The van der Waals surface area contributed by atoms with Crippen molar-refractivity contribution >= 4 is 22.0 Å². The Morgan fingerprint density at radius 3 is 2.12 bits per heavy atom. The van der Waals surface area contributed by atoms with Gasteiger partial charge in [-0.15, -0.1) is 0 Å². The predicted molar refractivity (Wildman–Crippen MR) is 130 cm³/mol. The molecule has 1 fully saturated rings. The molecule has 1 heterocycles. The quantitative estimate of drug-likeness (QED) is 0.535. The first-order valence-corrected chi connectivity index (χ1v) is 12.3. The number of piperazine rings is 1. The zero-order valence-corrected chi connectivity index (χ0v) is 19.0. The molecule has 3 aromatic carbocycles. The molecule has 0 unspecified atom stereocenters. The zero-order chi connectivity index (χ0) is 23.1. The van der Waals surface area contributed by atoms with Crippen LogP contribution in [-0.4, -0.2) is 56.3 Å². The first-order chi connectivity index (χ1) is 16.0. The van der Waals surface area contributed by atoms with Gasteiger partial charge in [-0.25, -0.2) is 8.42 Å². The minimum Gasteiger partial charge on any atom is -0.483 e. The number of amides is 1. The van der Waals surface area contributed by atoms with Crippen molar-refractivity contribution < 1.29 is 17.9 Å². The van der Waals surface area contributed by atoms with Crippen LogP contribution in [-0.2, 0) is 14.8 Å². The topological polar surface area (TPSA) is 66.9 Å². The lowest BCUT2D eigenvalue weighted by atomic mass is 10.1. The molecule has 0 aliphatic carbocycles. The second-order valence-corrected chi connectivity index (χ2v) is 9.51. The highest BCUT2D eigenvalue weighted by molar-refractivity contribution is 7.92. The van der Waals surface area contributed by atoms with Gasteiger partial charge >= 0.3 is 0 Å². The lowest BCUT2D eigenvalue weighted by Crippen LogP contribution is -2.51. The van der Waals surface area contributed by atoms with Crippen LogP contribution in [0.3, 0.4) is 0 Å². The fourth-order valence-corrected chi connectivity index (χ4v) is 4.86. The maximum atomic E-state index is 12.7. The summed E-state index contributed by atoms with van der Waals surface area (Å²) in [5.41, 5.74) is 2.76. The van der Waals surface area contributed by atoms with E-state index in [4.69, 9.17) is 4.74 Å². The van der Waals surface area contributed by atoms with Gasteiger partial charge in [0.1, 0.15) is 5.75 Å². The summed E-state index contributed by atoms with van der Waals surface area (Å²) in [5, 5.41) is 1.23. The van der Waals surface area contributed by atoms with Crippen LogP contribution in [0.5, 0.6) is 5.75 Å². The van der Waals surface area contributed by atoms with E-state index in [2.05, 4.69) is 0 Å². The third-order valence-electron chi connectivity index (χ3n) is 5.51.